The molecule has 128 valence electrons. The number of rotatable bonds is 3. The number of hydrogen-bond acceptors (Lipinski definition) is 3. The number of aliphatic hydroxyl groups is 1. The molecule has 2 aliphatic rings. The molecule has 2 saturated heterocycles. The maximum absolute atomic E-state index is 12.4. The molecular formula is C14H24F3N3O2. The zero-order valence-corrected chi connectivity index (χ0v) is 12.8. The summed E-state index contributed by atoms with van der Waals surface area (Å²) in [5.74, 6) is 0.453. The fraction of sp³-hybridized carbons (Fsp3) is 0.929. The van der Waals surface area contributed by atoms with Crippen LogP contribution in [-0.4, -0.2) is 67.6 Å². The van der Waals surface area contributed by atoms with Gasteiger partial charge in [0.1, 0.15) is 0 Å². The molecule has 2 aliphatic heterocycles. The average molecular weight is 323 g/mol. The molecule has 22 heavy (non-hydrogen) atoms. The number of hydrogen-bond donors (Lipinski definition) is 2. The Balaban J connectivity index is 1.99. The van der Waals surface area contributed by atoms with Crippen LogP contribution in [0.2, 0.25) is 0 Å². The van der Waals surface area contributed by atoms with Gasteiger partial charge in [0.05, 0.1) is 6.54 Å². The molecule has 2 heterocycles. The van der Waals surface area contributed by atoms with Crippen molar-refractivity contribution in [1.29, 1.82) is 0 Å². The molecule has 0 bridgehead atoms. The van der Waals surface area contributed by atoms with Crippen molar-refractivity contribution in [2.24, 2.45) is 10.4 Å². The summed E-state index contributed by atoms with van der Waals surface area (Å²) < 4.78 is 42.5. The minimum Gasteiger partial charge on any atom is -0.382 e. The summed E-state index contributed by atoms with van der Waals surface area (Å²) in [5, 5.41) is 12.1. The van der Waals surface area contributed by atoms with Crippen LogP contribution in [0.15, 0.2) is 4.99 Å². The van der Waals surface area contributed by atoms with Crippen LogP contribution in [0.1, 0.15) is 26.2 Å². The first kappa shape index (κ1) is 17.3. The lowest BCUT2D eigenvalue weighted by atomic mass is 9.80. The van der Waals surface area contributed by atoms with Crippen molar-refractivity contribution in [2.45, 2.75) is 38.5 Å². The van der Waals surface area contributed by atoms with E-state index in [4.69, 9.17) is 9.84 Å². The van der Waals surface area contributed by atoms with Gasteiger partial charge in [-0.05, 0) is 31.6 Å². The van der Waals surface area contributed by atoms with Crippen LogP contribution < -0.4 is 5.32 Å². The molecule has 0 aromatic heterocycles. The van der Waals surface area contributed by atoms with Gasteiger partial charge in [0.25, 0.3) is 0 Å². The van der Waals surface area contributed by atoms with Crippen LogP contribution in [0, 0.1) is 5.41 Å². The third kappa shape index (κ3) is 4.25. The first-order valence-corrected chi connectivity index (χ1v) is 7.72. The van der Waals surface area contributed by atoms with Crippen LogP contribution in [0.4, 0.5) is 13.2 Å². The smallest absolute Gasteiger partial charge is 0.382 e. The Kier molecular flexibility index (Phi) is 5.55. The first-order chi connectivity index (χ1) is 10.4. The fourth-order valence-corrected chi connectivity index (χ4v) is 3.03. The molecule has 0 amide bonds. The Hall–Kier alpha value is -1.02. The number of aliphatic imine (C=N–C) groups is 1. The van der Waals surface area contributed by atoms with E-state index in [0.717, 1.165) is 45.6 Å². The van der Waals surface area contributed by atoms with Crippen molar-refractivity contribution < 1.29 is 23.0 Å². The lowest BCUT2D eigenvalue weighted by molar-refractivity contribution is -0.199. The second-order valence-corrected chi connectivity index (χ2v) is 6.04. The number of nitrogens with one attached hydrogen (secondary N) is 1. The number of guanidine groups is 1. The maximum atomic E-state index is 12.4. The van der Waals surface area contributed by atoms with Gasteiger partial charge in [-0.1, -0.05) is 0 Å². The number of nitrogens with zero attached hydrogens (tertiary/aromatic N) is 2. The third-order valence-corrected chi connectivity index (χ3v) is 4.42. The number of likely N-dealkylation sites (tertiary alicyclic amines) is 1. The van der Waals surface area contributed by atoms with E-state index in [9.17, 15) is 13.2 Å². The van der Waals surface area contributed by atoms with E-state index < -0.39 is 18.8 Å². The predicted octanol–water partition coefficient (Wildman–Crippen LogP) is 1.38. The normalized spacial score (nSPS) is 23.9. The van der Waals surface area contributed by atoms with Gasteiger partial charge in [0.2, 0.25) is 0 Å². The Labute approximate surface area is 128 Å². The number of ether oxygens (including phenoxy) is 1. The SMILES string of the molecule is CCNC(=NCC(O)C(F)(F)F)N1CCC2(CCOCC2)C1. The average Bonchev–Trinajstić information content (AvgIpc) is 2.86. The molecule has 0 radical (unpaired) electrons. The lowest BCUT2D eigenvalue weighted by Crippen LogP contribution is -2.43. The van der Waals surface area contributed by atoms with Crippen LogP contribution in [0.3, 0.4) is 0 Å². The maximum Gasteiger partial charge on any atom is 0.416 e. The van der Waals surface area contributed by atoms with E-state index in [1.165, 1.54) is 0 Å². The summed E-state index contributed by atoms with van der Waals surface area (Å²) in [6.07, 6.45) is -4.08. The molecule has 1 spiro atoms. The van der Waals surface area contributed by atoms with E-state index >= 15 is 0 Å². The zero-order chi connectivity index (χ0) is 16.2. The second kappa shape index (κ2) is 7.04. The minimum absolute atomic E-state index is 0.192. The molecule has 8 heteroatoms. The van der Waals surface area contributed by atoms with Crippen molar-refractivity contribution in [2.75, 3.05) is 39.4 Å². The van der Waals surface area contributed by atoms with E-state index in [1.807, 2.05) is 11.8 Å². The summed E-state index contributed by atoms with van der Waals surface area (Å²) >= 11 is 0. The first-order valence-electron chi connectivity index (χ1n) is 7.72. The Bertz CT molecular complexity index is 395. The third-order valence-electron chi connectivity index (χ3n) is 4.42. The molecule has 5 nitrogen and oxygen atoms in total. The van der Waals surface area contributed by atoms with E-state index in [0.29, 0.717) is 12.5 Å². The molecule has 0 aromatic rings. The minimum atomic E-state index is -4.63. The van der Waals surface area contributed by atoms with Gasteiger partial charge < -0.3 is 20.1 Å². The van der Waals surface area contributed by atoms with Gasteiger partial charge in [-0.15, -0.1) is 0 Å². The number of halogens is 3. The largest absolute Gasteiger partial charge is 0.416 e. The Morgan fingerprint density at radius 2 is 2.05 bits per heavy atom. The predicted molar refractivity (Wildman–Crippen MR) is 76.7 cm³/mol. The molecule has 0 aliphatic carbocycles. The summed E-state index contributed by atoms with van der Waals surface area (Å²) in [5.41, 5.74) is 0.192. The highest BCUT2D eigenvalue weighted by Crippen LogP contribution is 2.39. The monoisotopic (exact) mass is 323 g/mol. The highest BCUT2D eigenvalue weighted by atomic mass is 19.4. The van der Waals surface area contributed by atoms with Gasteiger partial charge in [-0.3, -0.25) is 4.99 Å². The van der Waals surface area contributed by atoms with Gasteiger partial charge in [0, 0.05) is 32.8 Å². The molecule has 1 atom stereocenters. The van der Waals surface area contributed by atoms with E-state index in [2.05, 4.69) is 10.3 Å². The molecule has 0 aromatic carbocycles. The molecule has 2 rings (SSSR count). The summed E-state index contributed by atoms with van der Waals surface area (Å²) in [7, 11) is 0. The molecule has 2 fully saturated rings. The summed E-state index contributed by atoms with van der Waals surface area (Å²) in [6, 6.07) is 0. The highest BCUT2D eigenvalue weighted by Gasteiger charge is 2.41. The standard InChI is InChI=1S/C14H24F3N3O2/c1-2-18-12(19-9-11(21)14(15,16)17)20-6-3-13(10-20)4-7-22-8-5-13/h11,21H,2-10H2,1H3,(H,18,19). The van der Waals surface area contributed by atoms with Crippen molar-refractivity contribution in [3.8, 4) is 0 Å². The quantitative estimate of drug-likeness (QED) is 0.608. The van der Waals surface area contributed by atoms with Gasteiger partial charge in [0.15, 0.2) is 12.1 Å². The number of alkyl halides is 3. The van der Waals surface area contributed by atoms with Crippen LogP contribution in [0.25, 0.3) is 0 Å². The molecule has 1 unspecified atom stereocenters. The molecular weight excluding hydrogens is 299 g/mol. The topological polar surface area (TPSA) is 57.1 Å². The fourth-order valence-electron chi connectivity index (χ4n) is 3.03. The summed E-state index contributed by atoms with van der Waals surface area (Å²) in [4.78, 5) is 5.97. The van der Waals surface area contributed by atoms with Crippen molar-refractivity contribution in [1.82, 2.24) is 10.2 Å². The van der Waals surface area contributed by atoms with E-state index in [1.54, 1.807) is 0 Å². The lowest BCUT2D eigenvalue weighted by Gasteiger charge is -2.33. The Morgan fingerprint density at radius 3 is 2.64 bits per heavy atom. The van der Waals surface area contributed by atoms with Crippen LogP contribution in [0.5, 0.6) is 0 Å². The second-order valence-electron chi connectivity index (χ2n) is 6.04. The Morgan fingerprint density at radius 1 is 1.36 bits per heavy atom. The molecule has 2 N–H and O–H groups in total. The van der Waals surface area contributed by atoms with Crippen molar-refractivity contribution >= 4 is 5.96 Å². The van der Waals surface area contributed by atoms with Crippen molar-refractivity contribution in [3.05, 3.63) is 0 Å². The zero-order valence-electron chi connectivity index (χ0n) is 12.8. The van der Waals surface area contributed by atoms with Crippen LogP contribution in [-0.2, 0) is 4.74 Å². The van der Waals surface area contributed by atoms with Crippen molar-refractivity contribution in [3.63, 3.8) is 0 Å². The van der Waals surface area contributed by atoms with Gasteiger partial charge >= 0.3 is 6.18 Å². The number of aliphatic hydroxyl groups excluding tert-OH is 1. The molecule has 0 saturated carbocycles. The van der Waals surface area contributed by atoms with E-state index in [-0.39, 0.29) is 5.41 Å². The van der Waals surface area contributed by atoms with Gasteiger partial charge in [-0.2, -0.15) is 13.2 Å². The van der Waals surface area contributed by atoms with Gasteiger partial charge in [-0.25, -0.2) is 0 Å². The summed E-state index contributed by atoms with van der Waals surface area (Å²) in [6.45, 7) is 4.82. The van der Waals surface area contributed by atoms with Crippen LogP contribution >= 0.6 is 0 Å². The highest BCUT2D eigenvalue weighted by molar-refractivity contribution is 5.80.